The third-order valence-corrected chi connectivity index (χ3v) is 7.44. The second-order valence-corrected chi connectivity index (χ2v) is 11.4. The van der Waals surface area contributed by atoms with Crippen molar-refractivity contribution in [1.29, 1.82) is 0 Å². The number of allylic oxidation sites excluding steroid dienone is 2. The van der Waals surface area contributed by atoms with E-state index in [1.54, 1.807) is 0 Å². The summed E-state index contributed by atoms with van der Waals surface area (Å²) in [4.78, 5) is 34.6. The molecule has 0 heterocycles. The van der Waals surface area contributed by atoms with Crippen LogP contribution in [-0.4, -0.2) is 35.6 Å². The lowest BCUT2D eigenvalue weighted by molar-refractivity contribution is -0.150. The van der Waals surface area contributed by atoms with Crippen LogP contribution in [0.1, 0.15) is 174 Å². The van der Waals surface area contributed by atoms with Crippen LogP contribution < -0.4 is 5.32 Å². The summed E-state index contributed by atoms with van der Waals surface area (Å²) >= 11 is 0. The lowest BCUT2D eigenvalue weighted by atomic mass is 10.0. The maximum atomic E-state index is 12.5. The molecule has 0 saturated heterocycles. The van der Waals surface area contributed by atoms with Crippen LogP contribution in [-0.2, 0) is 19.1 Å². The van der Waals surface area contributed by atoms with Crippen LogP contribution in [0.2, 0.25) is 0 Å². The van der Waals surface area contributed by atoms with Crippen molar-refractivity contribution in [2.75, 3.05) is 6.54 Å². The Kier molecular flexibility index (Phi) is 28.7. The molecule has 0 aliphatic carbocycles. The van der Waals surface area contributed by atoms with Gasteiger partial charge in [-0.3, -0.25) is 14.4 Å². The molecule has 0 aromatic rings. The molecule has 1 unspecified atom stereocenters. The van der Waals surface area contributed by atoms with Gasteiger partial charge < -0.3 is 15.2 Å². The van der Waals surface area contributed by atoms with Crippen molar-refractivity contribution in [3.8, 4) is 0 Å². The minimum atomic E-state index is -1.02. The smallest absolute Gasteiger partial charge is 0.322 e. The lowest BCUT2D eigenvalue weighted by Gasteiger charge is -2.18. The predicted molar refractivity (Wildman–Crippen MR) is 166 cm³/mol. The van der Waals surface area contributed by atoms with Crippen molar-refractivity contribution >= 4 is 17.8 Å². The number of carbonyl (C=O) groups is 3. The zero-order valence-electron chi connectivity index (χ0n) is 26.2. The summed E-state index contributed by atoms with van der Waals surface area (Å²) in [5.41, 5.74) is 0. The van der Waals surface area contributed by atoms with Crippen LogP contribution in [0.25, 0.3) is 0 Å². The number of aliphatic carboxylic acids is 1. The van der Waals surface area contributed by atoms with Crippen LogP contribution in [0.5, 0.6) is 0 Å². The number of hydrogen-bond acceptors (Lipinski definition) is 4. The highest BCUT2D eigenvalue weighted by atomic mass is 16.5. The molecule has 0 aromatic heterocycles. The monoisotopic (exact) mass is 565 g/mol. The van der Waals surface area contributed by atoms with Gasteiger partial charge in [-0.05, 0) is 64.2 Å². The quantitative estimate of drug-likeness (QED) is 0.0514. The fourth-order valence-corrected chi connectivity index (χ4v) is 4.92. The molecular formula is C34H63NO5. The van der Waals surface area contributed by atoms with Crippen molar-refractivity contribution in [2.24, 2.45) is 0 Å². The van der Waals surface area contributed by atoms with Crippen molar-refractivity contribution < 1.29 is 24.2 Å². The number of rotatable bonds is 30. The number of carboxylic acid groups (broad SMARTS) is 1. The molecule has 1 atom stereocenters. The van der Waals surface area contributed by atoms with E-state index in [1.807, 2.05) is 0 Å². The van der Waals surface area contributed by atoms with E-state index in [-0.39, 0.29) is 24.5 Å². The molecule has 0 saturated carbocycles. The molecule has 234 valence electrons. The third-order valence-electron chi connectivity index (χ3n) is 7.44. The molecule has 0 radical (unpaired) electrons. The largest absolute Gasteiger partial charge is 0.480 e. The summed E-state index contributed by atoms with van der Waals surface area (Å²) in [5.74, 6) is -1.28. The highest BCUT2D eigenvalue weighted by molar-refractivity contribution is 5.80. The first-order chi connectivity index (χ1) is 19.5. The first kappa shape index (κ1) is 38.1. The lowest BCUT2D eigenvalue weighted by Crippen LogP contribution is -2.28. The number of esters is 1. The third kappa shape index (κ3) is 29.1. The van der Waals surface area contributed by atoms with E-state index in [4.69, 9.17) is 9.84 Å². The average molecular weight is 566 g/mol. The van der Waals surface area contributed by atoms with E-state index in [1.165, 1.54) is 89.9 Å². The summed E-state index contributed by atoms with van der Waals surface area (Å²) in [6, 6.07) is 0. The van der Waals surface area contributed by atoms with E-state index in [0.29, 0.717) is 12.8 Å². The number of amides is 1. The molecule has 2 N–H and O–H groups in total. The number of carboxylic acids is 1. The fraction of sp³-hybridized carbons (Fsp3) is 0.853. The van der Waals surface area contributed by atoms with Crippen LogP contribution in [0.4, 0.5) is 0 Å². The van der Waals surface area contributed by atoms with Gasteiger partial charge in [0.05, 0.1) is 0 Å². The van der Waals surface area contributed by atoms with Crippen LogP contribution in [0, 0.1) is 0 Å². The average Bonchev–Trinajstić information content (AvgIpc) is 2.93. The van der Waals surface area contributed by atoms with Gasteiger partial charge >= 0.3 is 11.9 Å². The Hall–Kier alpha value is -1.85. The maximum Gasteiger partial charge on any atom is 0.322 e. The highest BCUT2D eigenvalue weighted by Crippen LogP contribution is 2.18. The van der Waals surface area contributed by atoms with E-state index < -0.39 is 5.97 Å². The molecule has 0 aromatic carbocycles. The number of unbranched alkanes of at least 4 members (excludes halogenated alkanes) is 17. The molecule has 0 aliphatic rings. The summed E-state index contributed by atoms with van der Waals surface area (Å²) in [6.45, 7) is 4.15. The molecule has 6 nitrogen and oxygen atoms in total. The number of ether oxygens (including phenoxy) is 1. The highest BCUT2D eigenvalue weighted by Gasteiger charge is 2.14. The second-order valence-electron chi connectivity index (χ2n) is 11.4. The van der Waals surface area contributed by atoms with Crippen molar-refractivity contribution in [3.05, 3.63) is 12.2 Å². The standard InChI is InChI=1S/C34H63NO5/c1-3-5-7-9-10-11-12-13-14-15-16-17-18-19-25-29-34(39)40-31(26-22-8-6-4-2)27-23-20-21-24-28-32(36)35-30-33(37)38/h13-14,31H,3-12,15-30H2,1-2H3,(H,35,36)(H,37,38)/b14-13-. The molecule has 0 aliphatic heterocycles. The van der Waals surface area contributed by atoms with Gasteiger partial charge in [0, 0.05) is 12.8 Å². The van der Waals surface area contributed by atoms with E-state index in [9.17, 15) is 14.4 Å². The molecule has 0 rings (SSSR count). The molecule has 40 heavy (non-hydrogen) atoms. The summed E-state index contributed by atoms with van der Waals surface area (Å²) in [5, 5.41) is 11.0. The molecule has 1 amide bonds. The Morgan fingerprint density at radius 2 is 1.07 bits per heavy atom. The van der Waals surface area contributed by atoms with Gasteiger partial charge in [0.2, 0.25) is 5.91 Å². The fourth-order valence-electron chi connectivity index (χ4n) is 4.92. The Balaban J connectivity index is 3.91. The van der Waals surface area contributed by atoms with E-state index >= 15 is 0 Å². The summed E-state index contributed by atoms with van der Waals surface area (Å²) in [7, 11) is 0. The Bertz CT molecular complexity index is 634. The Labute approximate surface area is 246 Å². The van der Waals surface area contributed by atoms with Crippen LogP contribution in [0.15, 0.2) is 12.2 Å². The number of carbonyl (C=O) groups excluding carboxylic acids is 2. The van der Waals surface area contributed by atoms with Gasteiger partial charge in [0.25, 0.3) is 0 Å². The van der Waals surface area contributed by atoms with Crippen molar-refractivity contribution in [1.82, 2.24) is 5.32 Å². The summed E-state index contributed by atoms with van der Waals surface area (Å²) < 4.78 is 5.88. The van der Waals surface area contributed by atoms with Gasteiger partial charge in [0.1, 0.15) is 12.6 Å². The van der Waals surface area contributed by atoms with Crippen LogP contribution in [0.3, 0.4) is 0 Å². The summed E-state index contributed by atoms with van der Waals surface area (Å²) in [6.07, 6.45) is 32.0. The topological polar surface area (TPSA) is 92.7 Å². The van der Waals surface area contributed by atoms with Gasteiger partial charge in [-0.25, -0.2) is 0 Å². The molecule has 0 bridgehead atoms. The van der Waals surface area contributed by atoms with Crippen molar-refractivity contribution in [2.45, 2.75) is 180 Å². The normalized spacial score (nSPS) is 12.1. The van der Waals surface area contributed by atoms with Gasteiger partial charge in [0.15, 0.2) is 0 Å². The molecule has 6 heteroatoms. The number of nitrogens with one attached hydrogen (secondary N) is 1. The maximum absolute atomic E-state index is 12.5. The SMILES string of the molecule is CCCCCCCC/C=C\CCCCCCCC(=O)OC(CCCCCC)CCCCCCC(=O)NCC(=O)O. The zero-order chi connectivity index (χ0) is 29.5. The van der Waals surface area contributed by atoms with Gasteiger partial charge in [-0.2, -0.15) is 0 Å². The van der Waals surface area contributed by atoms with E-state index in [2.05, 4.69) is 31.3 Å². The van der Waals surface area contributed by atoms with E-state index in [0.717, 1.165) is 57.8 Å². The first-order valence-corrected chi connectivity index (χ1v) is 16.8. The minimum absolute atomic E-state index is 0.00588. The Morgan fingerprint density at radius 1 is 0.625 bits per heavy atom. The number of hydrogen-bond donors (Lipinski definition) is 2. The predicted octanol–water partition coefficient (Wildman–Crippen LogP) is 9.45. The van der Waals surface area contributed by atoms with Gasteiger partial charge in [-0.15, -0.1) is 0 Å². The zero-order valence-corrected chi connectivity index (χ0v) is 26.2. The second kappa shape index (κ2) is 30.1. The Morgan fingerprint density at radius 3 is 1.62 bits per heavy atom. The molecule has 0 spiro atoms. The minimum Gasteiger partial charge on any atom is -0.480 e. The van der Waals surface area contributed by atoms with Crippen molar-refractivity contribution in [3.63, 3.8) is 0 Å². The van der Waals surface area contributed by atoms with Crippen LogP contribution >= 0.6 is 0 Å². The molecule has 0 fully saturated rings. The first-order valence-electron chi connectivity index (χ1n) is 16.8. The molecular weight excluding hydrogens is 502 g/mol. The van der Waals surface area contributed by atoms with Gasteiger partial charge in [-0.1, -0.05) is 109 Å².